The number of benzene rings is 4. The predicted octanol–water partition coefficient (Wildman–Crippen LogP) is 5.73. The summed E-state index contributed by atoms with van der Waals surface area (Å²) in [4.78, 5) is 45.0. The molecule has 6 rings (SSSR count). The van der Waals surface area contributed by atoms with E-state index in [2.05, 4.69) is 4.98 Å². The second kappa shape index (κ2) is 10.5. The summed E-state index contributed by atoms with van der Waals surface area (Å²) in [5, 5.41) is 0.723. The first kappa shape index (κ1) is 25.6. The van der Waals surface area contributed by atoms with E-state index in [1.807, 2.05) is 0 Å². The third-order valence-electron chi connectivity index (χ3n) is 6.63. The van der Waals surface area contributed by atoms with Crippen LogP contribution in [0.15, 0.2) is 106 Å². The minimum atomic E-state index is -0.683. The van der Waals surface area contributed by atoms with E-state index >= 15 is 0 Å². The largest absolute Gasteiger partial charge is 0.497 e. The Bertz CT molecular complexity index is 1990. The van der Waals surface area contributed by atoms with Crippen LogP contribution in [0.3, 0.4) is 0 Å². The van der Waals surface area contributed by atoms with Crippen molar-refractivity contribution in [1.82, 2.24) is 9.55 Å². The van der Waals surface area contributed by atoms with Gasteiger partial charge in [0.05, 0.1) is 36.2 Å². The number of nitrogens with zero attached hydrogens (tertiary/aromatic N) is 2. The third-order valence-corrected chi connectivity index (χ3v) is 6.63. The molecule has 0 bridgehead atoms. The molecule has 0 aliphatic rings. The van der Waals surface area contributed by atoms with Crippen LogP contribution in [0.5, 0.6) is 17.2 Å². The average Bonchev–Trinajstić information content (AvgIpc) is 3.34. The Labute approximate surface area is 233 Å². The Morgan fingerprint density at radius 2 is 1.32 bits per heavy atom. The number of hydrogen-bond acceptors (Lipinski definition) is 8. The van der Waals surface area contributed by atoms with E-state index in [0.717, 1.165) is 0 Å². The second-order valence-electron chi connectivity index (χ2n) is 9.01. The summed E-state index contributed by atoms with van der Waals surface area (Å²) in [6.45, 7) is 0. The number of aromatic nitrogens is 2. The Hall–Kier alpha value is -5.70. The molecule has 0 aliphatic carbocycles. The lowest BCUT2D eigenvalue weighted by Crippen LogP contribution is -2.16. The fraction of sp³-hybridized carbons (Fsp3) is 0.0625. The molecule has 0 N–H and O–H groups in total. The van der Waals surface area contributed by atoms with Gasteiger partial charge in [-0.05, 0) is 72.8 Å². The number of carbonyl (C=O) groups is 2. The molecule has 0 radical (unpaired) electrons. The molecule has 4 aromatic carbocycles. The predicted molar refractivity (Wildman–Crippen MR) is 152 cm³/mol. The van der Waals surface area contributed by atoms with Crippen LogP contribution >= 0.6 is 0 Å². The second-order valence-corrected chi connectivity index (χ2v) is 9.01. The molecule has 41 heavy (non-hydrogen) atoms. The number of carbonyl (C=O) groups excluding carboxylic acids is 2. The van der Waals surface area contributed by atoms with Gasteiger partial charge in [-0.3, -0.25) is 9.36 Å². The van der Waals surface area contributed by atoms with Crippen LogP contribution in [-0.4, -0.2) is 35.6 Å². The lowest BCUT2D eigenvalue weighted by Gasteiger charge is -2.11. The van der Waals surface area contributed by atoms with Crippen LogP contribution in [0, 0.1) is 0 Å². The molecular weight excluding hydrogens is 524 g/mol. The van der Waals surface area contributed by atoms with Gasteiger partial charge in [-0.1, -0.05) is 24.3 Å². The summed E-state index contributed by atoms with van der Waals surface area (Å²) >= 11 is 0. The molecule has 0 aliphatic heterocycles. The molecular formula is C32H22N2O7. The summed E-state index contributed by atoms with van der Waals surface area (Å²) < 4.78 is 23.4. The zero-order valence-electron chi connectivity index (χ0n) is 22.0. The van der Waals surface area contributed by atoms with Gasteiger partial charge in [0.15, 0.2) is 11.4 Å². The monoisotopic (exact) mass is 546 g/mol. The molecule has 9 heteroatoms. The maximum atomic E-state index is 14.1. The van der Waals surface area contributed by atoms with Gasteiger partial charge in [0.2, 0.25) is 0 Å². The fourth-order valence-electron chi connectivity index (χ4n) is 4.58. The van der Waals surface area contributed by atoms with Gasteiger partial charge < -0.3 is 18.6 Å². The van der Waals surface area contributed by atoms with Crippen molar-refractivity contribution in [2.24, 2.45) is 0 Å². The van der Waals surface area contributed by atoms with Crippen LogP contribution in [0.25, 0.3) is 33.4 Å². The van der Waals surface area contributed by atoms with Crippen molar-refractivity contribution in [3.05, 3.63) is 119 Å². The zero-order valence-corrected chi connectivity index (χ0v) is 22.0. The zero-order chi connectivity index (χ0) is 28.5. The van der Waals surface area contributed by atoms with E-state index in [1.54, 1.807) is 97.1 Å². The minimum absolute atomic E-state index is 0.0224. The first-order chi connectivity index (χ1) is 20.0. The lowest BCUT2D eigenvalue weighted by atomic mass is 10.2. The van der Waals surface area contributed by atoms with Crippen molar-refractivity contribution in [2.75, 3.05) is 14.2 Å². The van der Waals surface area contributed by atoms with Crippen molar-refractivity contribution < 1.29 is 28.2 Å². The first-order valence-electron chi connectivity index (χ1n) is 12.6. The minimum Gasteiger partial charge on any atom is -0.497 e. The van der Waals surface area contributed by atoms with E-state index < -0.39 is 17.5 Å². The molecule has 6 aromatic rings. The van der Waals surface area contributed by atoms with E-state index in [9.17, 15) is 14.4 Å². The number of ether oxygens (including phenoxy) is 3. The van der Waals surface area contributed by atoms with Crippen molar-refractivity contribution in [2.45, 2.75) is 0 Å². The molecule has 0 unspecified atom stereocenters. The highest BCUT2D eigenvalue weighted by molar-refractivity contribution is 6.09. The first-order valence-corrected chi connectivity index (χ1v) is 12.6. The molecule has 9 nitrogen and oxygen atoms in total. The summed E-state index contributed by atoms with van der Waals surface area (Å²) in [5.74, 6) is -0.139. The van der Waals surface area contributed by atoms with E-state index in [0.29, 0.717) is 33.5 Å². The van der Waals surface area contributed by atoms with Crippen molar-refractivity contribution in [3.8, 4) is 28.8 Å². The molecule has 0 amide bonds. The van der Waals surface area contributed by atoms with Gasteiger partial charge >= 0.3 is 11.6 Å². The number of rotatable bonds is 6. The quantitative estimate of drug-likeness (QED) is 0.244. The summed E-state index contributed by atoms with van der Waals surface area (Å²) in [6, 6.07) is 26.6. The number of fused-ring (bicyclic) bond motifs is 2. The molecule has 2 aromatic heterocycles. The average molecular weight is 547 g/mol. The van der Waals surface area contributed by atoms with E-state index in [4.69, 9.17) is 18.6 Å². The van der Waals surface area contributed by atoms with Crippen LogP contribution in [0.4, 0.5) is 0 Å². The highest BCUT2D eigenvalue weighted by Crippen LogP contribution is 2.40. The maximum Gasteiger partial charge on any atom is 0.347 e. The van der Waals surface area contributed by atoms with E-state index in [-0.39, 0.29) is 28.3 Å². The van der Waals surface area contributed by atoms with Crippen LogP contribution < -0.4 is 19.8 Å². The van der Waals surface area contributed by atoms with Gasteiger partial charge in [-0.15, -0.1) is 0 Å². The van der Waals surface area contributed by atoms with Gasteiger partial charge in [0, 0.05) is 10.9 Å². The van der Waals surface area contributed by atoms with Crippen LogP contribution in [0.2, 0.25) is 0 Å². The summed E-state index contributed by atoms with van der Waals surface area (Å²) in [5.41, 5.74) is 0.744. The van der Waals surface area contributed by atoms with Crippen molar-refractivity contribution >= 4 is 33.7 Å². The number of esters is 1. The SMILES string of the molecule is COc1ccc(C(=O)Oc2c(-c3nc4ccccc4c(=O)o3)n(C(=O)c3ccc(OC)cc3)c3ccccc23)cc1. The number of hydrogen-bond donors (Lipinski definition) is 0. The molecule has 202 valence electrons. The molecule has 0 fully saturated rings. The Balaban J connectivity index is 1.60. The van der Waals surface area contributed by atoms with E-state index in [1.165, 1.54) is 18.8 Å². The maximum absolute atomic E-state index is 14.1. The van der Waals surface area contributed by atoms with Gasteiger partial charge in [-0.25, -0.2) is 14.6 Å². The molecule has 0 saturated heterocycles. The topological polar surface area (TPSA) is 110 Å². The highest BCUT2D eigenvalue weighted by atomic mass is 16.5. The Morgan fingerprint density at radius 3 is 1.98 bits per heavy atom. The van der Waals surface area contributed by atoms with Crippen LogP contribution in [0.1, 0.15) is 20.7 Å². The summed E-state index contributed by atoms with van der Waals surface area (Å²) in [7, 11) is 3.06. The van der Waals surface area contributed by atoms with Gasteiger partial charge in [0.25, 0.3) is 11.8 Å². The third kappa shape index (κ3) is 4.59. The van der Waals surface area contributed by atoms with Crippen molar-refractivity contribution in [3.63, 3.8) is 0 Å². The number of para-hydroxylation sites is 2. The molecule has 0 atom stereocenters. The van der Waals surface area contributed by atoms with Crippen LogP contribution in [-0.2, 0) is 0 Å². The summed E-state index contributed by atoms with van der Waals surface area (Å²) in [6.07, 6.45) is 0. The highest BCUT2D eigenvalue weighted by Gasteiger charge is 2.29. The molecule has 2 heterocycles. The Kier molecular flexibility index (Phi) is 6.52. The smallest absolute Gasteiger partial charge is 0.347 e. The standard InChI is InChI=1S/C32H22N2O7/c1-38-21-15-11-19(12-16-21)30(35)34-26-10-6-4-8-24(26)28(40-31(36)20-13-17-22(39-2)18-14-20)27(34)29-33-25-9-5-3-7-23(25)32(37)41-29/h3-18H,1-2H3. The fourth-order valence-corrected chi connectivity index (χ4v) is 4.58. The normalized spacial score (nSPS) is 11.0. The Morgan fingerprint density at radius 1 is 0.732 bits per heavy atom. The van der Waals surface area contributed by atoms with Gasteiger partial charge in [-0.2, -0.15) is 0 Å². The number of methoxy groups -OCH3 is 2. The van der Waals surface area contributed by atoms with Gasteiger partial charge in [0.1, 0.15) is 11.5 Å². The molecule has 0 spiro atoms. The molecule has 0 saturated carbocycles. The lowest BCUT2D eigenvalue weighted by molar-refractivity contribution is 0.0736. The van der Waals surface area contributed by atoms with Crippen molar-refractivity contribution in [1.29, 1.82) is 0 Å².